The van der Waals surface area contributed by atoms with E-state index in [1.165, 1.54) is 6.33 Å². The number of anilines is 2. The molecule has 0 aliphatic carbocycles. The number of primary amides is 1. The minimum absolute atomic E-state index is 0.0843. The van der Waals surface area contributed by atoms with Gasteiger partial charge in [0, 0.05) is 12.1 Å². The monoisotopic (exact) mass is 251 g/mol. The number of nitrogens with one attached hydrogen (secondary N) is 2. The van der Waals surface area contributed by atoms with E-state index in [1.807, 2.05) is 0 Å². The van der Waals surface area contributed by atoms with E-state index in [-0.39, 0.29) is 6.54 Å². The predicted molar refractivity (Wildman–Crippen MR) is 72.5 cm³/mol. The van der Waals surface area contributed by atoms with Gasteiger partial charge >= 0.3 is 0 Å². The van der Waals surface area contributed by atoms with E-state index in [0.29, 0.717) is 5.82 Å². The summed E-state index contributed by atoms with van der Waals surface area (Å²) in [6, 6.07) is 0. The van der Waals surface area contributed by atoms with Gasteiger partial charge < -0.3 is 16.4 Å². The van der Waals surface area contributed by atoms with Crippen molar-refractivity contribution in [2.45, 2.75) is 33.1 Å². The molecule has 0 aromatic carbocycles. The van der Waals surface area contributed by atoms with Crippen molar-refractivity contribution in [1.29, 1.82) is 0 Å². The number of aromatic nitrogens is 2. The number of hydrogen-bond acceptors (Lipinski definition) is 5. The summed E-state index contributed by atoms with van der Waals surface area (Å²) in [5.74, 6) is 1.11. The Labute approximate surface area is 107 Å². The molecule has 0 radical (unpaired) electrons. The topological polar surface area (TPSA) is 92.9 Å². The van der Waals surface area contributed by atoms with Crippen LogP contribution in [-0.2, 0) is 11.2 Å². The standard InChI is InChI=1S/C12H21N5O/c1-3-5-9-11(14-6-4-2)16-8-17-12(9)15-7-10(13)18/h8H,3-7H2,1-2H3,(H2,13,18)(H2,14,15,16,17). The van der Waals surface area contributed by atoms with E-state index < -0.39 is 5.91 Å². The maximum absolute atomic E-state index is 10.8. The fourth-order valence-corrected chi connectivity index (χ4v) is 1.62. The largest absolute Gasteiger partial charge is 0.370 e. The first-order chi connectivity index (χ1) is 8.69. The van der Waals surface area contributed by atoms with Crippen molar-refractivity contribution in [2.75, 3.05) is 23.7 Å². The summed E-state index contributed by atoms with van der Waals surface area (Å²) in [6.07, 6.45) is 4.35. The molecule has 0 aliphatic heterocycles. The zero-order chi connectivity index (χ0) is 13.4. The number of carbonyl (C=O) groups is 1. The summed E-state index contributed by atoms with van der Waals surface area (Å²) in [4.78, 5) is 19.2. The van der Waals surface area contributed by atoms with E-state index in [9.17, 15) is 4.79 Å². The second kappa shape index (κ2) is 7.47. The van der Waals surface area contributed by atoms with Gasteiger partial charge in [-0.15, -0.1) is 0 Å². The minimum Gasteiger partial charge on any atom is -0.370 e. The van der Waals surface area contributed by atoms with Crippen LogP contribution in [0.1, 0.15) is 32.3 Å². The van der Waals surface area contributed by atoms with Crippen LogP contribution in [0, 0.1) is 0 Å². The number of nitrogens with zero attached hydrogens (tertiary/aromatic N) is 2. The first-order valence-electron chi connectivity index (χ1n) is 6.28. The van der Waals surface area contributed by atoms with Gasteiger partial charge in [-0.2, -0.15) is 0 Å². The Kier molecular flexibility index (Phi) is 5.90. The Bertz CT molecular complexity index is 394. The maximum Gasteiger partial charge on any atom is 0.236 e. The highest BCUT2D eigenvalue weighted by Crippen LogP contribution is 2.21. The molecule has 0 aliphatic rings. The van der Waals surface area contributed by atoms with Gasteiger partial charge in [-0.3, -0.25) is 4.79 Å². The summed E-state index contributed by atoms with van der Waals surface area (Å²) < 4.78 is 0. The van der Waals surface area contributed by atoms with Crippen LogP contribution in [0.4, 0.5) is 11.6 Å². The zero-order valence-corrected chi connectivity index (χ0v) is 11.0. The summed E-state index contributed by atoms with van der Waals surface area (Å²) >= 11 is 0. The van der Waals surface area contributed by atoms with Gasteiger partial charge in [-0.05, 0) is 12.8 Å². The van der Waals surface area contributed by atoms with Crippen LogP contribution in [0.5, 0.6) is 0 Å². The molecule has 100 valence electrons. The number of nitrogens with two attached hydrogens (primary N) is 1. The first kappa shape index (κ1) is 14.2. The third-order valence-corrected chi connectivity index (χ3v) is 2.42. The lowest BCUT2D eigenvalue weighted by atomic mass is 10.1. The van der Waals surface area contributed by atoms with E-state index in [2.05, 4.69) is 34.4 Å². The molecule has 1 aromatic heterocycles. The third kappa shape index (κ3) is 4.20. The summed E-state index contributed by atoms with van der Waals surface area (Å²) in [5, 5.41) is 6.22. The van der Waals surface area contributed by atoms with E-state index >= 15 is 0 Å². The van der Waals surface area contributed by atoms with E-state index in [4.69, 9.17) is 5.73 Å². The lowest BCUT2D eigenvalue weighted by Crippen LogP contribution is -2.23. The number of carbonyl (C=O) groups excluding carboxylic acids is 1. The second-order valence-corrected chi connectivity index (χ2v) is 4.05. The fraction of sp³-hybridized carbons (Fsp3) is 0.583. The van der Waals surface area contributed by atoms with Crippen molar-refractivity contribution in [3.05, 3.63) is 11.9 Å². The van der Waals surface area contributed by atoms with Gasteiger partial charge in [0.2, 0.25) is 5.91 Å². The molecule has 6 nitrogen and oxygen atoms in total. The molecule has 4 N–H and O–H groups in total. The second-order valence-electron chi connectivity index (χ2n) is 4.05. The molecule has 0 unspecified atom stereocenters. The van der Waals surface area contributed by atoms with Crippen molar-refractivity contribution in [3.8, 4) is 0 Å². The molecule has 0 saturated heterocycles. The molecule has 18 heavy (non-hydrogen) atoms. The van der Waals surface area contributed by atoms with Crippen molar-refractivity contribution in [2.24, 2.45) is 5.73 Å². The molecule has 1 heterocycles. The summed E-state index contributed by atoms with van der Waals surface area (Å²) in [5.41, 5.74) is 6.13. The SMILES string of the molecule is CCCNc1ncnc(NCC(N)=O)c1CCC. The Hall–Kier alpha value is -1.85. The number of rotatable bonds is 8. The molecule has 0 fully saturated rings. The van der Waals surface area contributed by atoms with Crippen molar-refractivity contribution in [1.82, 2.24) is 9.97 Å². The molecule has 1 aromatic rings. The molecule has 0 atom stereocenters. The van der Waals surface area contributed by atoms with Crippen LogP contribution in [0.15, 0.2) is 6.33 Å². The van der Waals surface area contributed by atoms with Gasteiger partial charge in [0.1, 0.15) is 18.0 Å². The van der Waals surface area contributed by atoms with Gasteiger partial charge in [0.15, 0.2) is 0 Å². The lowest BCUT2D eigenvalue weighted by Gasteiger charge is -2.14. The molecule has 0 saturated carbocycles. The molecule has 1 rings (SSSR count). The molecular weight excluding hydrogens is 230 g/mol. The van der Waals surface area contributed by atoms with Gasteiger partial charge in [-0.1, -0.05) is 20.3 Å². The summed E-state index contributed by atoms with van der Waals surface area (Å²) in [7, 11) is 0. The smallest absolute Gasteiger partial charge is 0.236 e. The Balaban J connectivity index is 2.89. The van der Waals surface area contributed by atoms with Crippen molar-refractivity contribution >= 4 is 17.5 Å². The van der Waals surface area contributed by atoms with Crippen LogP contribution in [-0.4, -0.2) is 29.0 Å². The highest BCUT2D eigenvalue weighted by Gasteiger charge is 2.10. The molecule has 0 spiro atoms. The van der Waals surface area contributed by atoms with Crippen molar-refractivity contribution < 1.29 is 4.79 Å². The van der Waals surface area contributed by atoms with Crippen LogP contribution in [0.25, 0.3) is 0 Å². The molecule has 6 heteroatoms. The predicted octanol–water partition coefficient (Wildman–Crippen LogP) is 1.15. The average molecular weight is 251 g/mol. The van der Waals surface area contributed by atoms with E-state index in [0.717, 1.165) is 37.2 Å². The molecule has 1 amide bonds. The fourth-order valence-electron chi connectivity index (χ4n) is 1.62. The van der Waals surface area contributed by atoms with Gasteiger partial charge in [0.25, 0.3) is 0 Å². The van der Waals surface area contributed by atoms with Gasteiger partial charge in [0.05, 0.1) is 6.54 Å². The quantitative estimate of drug-likeness (QED) is 0.644. The first-order valence-corrected chi connectivity index (χ1v) is 6.28. The third-order valence-electron chi connectivity index (χ3n) is 2.42. The molecular formula is C12H21N5O. The normalized spacial score (nSPS) is 10.1. The average Bonchev–Trinajstić information content (AvgIpc) is 2.36. The highest BCUT2D eigenvalue weighted by molar-refractivity contribution is 5.79. The molecule has 0 bridgehead atoms. The van der Waals surface area contributed by atoms with Crippen LogP contribution in [0.2, 0.25) is 0 Å². The maximum atomic E-state index is 10.8. The summed E-state index contributed by atoms with van der Waals surface area (Å²) in [6.45, 7) is 5.14. The van der Waals surface area contributed by atoms with Crippen LogP contribution in [0.3, 0.4) is 0 Å². The van der Waals surface area contributed by atoms with Crippen molar-refractivity contribution in [3.63, 3.8) is 0 Å². The Morgan fingerprint density at radius 1 is 1.22 bits per heavy atom. The lowest BCUT2D eigenvalue weighted by molar-refractivity contribution is -0.116. The van der Waals surface area contributed by atoms with E-state index in [1.54, 1.807) is 0 Å². The van der Waals surface area contributed by atoms with Gasteiger partial charge in [-0.25, -0.2) is 9.97 Å². The highest BCUT2D eigenvalue weighted by atomic mass is 16.1. The van der Waals surface area contributed by atoms with Crippen LogP contribution >= 0.6 is 0 Å². The number of hydrogen-bond donors (Lipinski definition) is 3. The number of amides is 1. The minimum atomic E-state index is -0.404. The van der Waals surface area contributed by atoms with Crippen LogP contribution < -0.4 is 16.4 Å². The Morgan fingerprint density at radius 3 is 2.44 bits per heavy atom. The Morgan fingerprint density at radius 2 is 1.89 bits per heavy atom. The zero-order valence-electron chi connectivity index (χ0n) is 11.0.